The van der Waals surface area contributed by atoms with Gasteiger partial charge in [0.2, 0.25) is 0 Å². The molecule has 0 saturated carbocycles. The summed E-state index contributed by atoms with van der Waals surface area (Å²) in [7, 11) is 0. The van der Waals surface area contributed by atoms with Crippen molar-refractivity contribution in [3.63, 3.8) is 0 Å². The summed E-state index contributed by atoms with van der Waals surface area (Å²) in [6, 6.07) is -0.0672. The summed E-state index contributed by atoms with van der Waals surface area (Å²) in [5.74, 6) is 2.49. The summed E-state index contributed by atoms with van der Waals surface area (Å²) in [4.78, 5) is 0. The summed E-state index contributed by atoms with van der Waals surface area (Å²) in [5, 5.41) is 9.58. The van der Waals surface area contributed by atoms with Crippen LogP contribution in [-0.4, -0.2) is 28.8 Å². The molecule has 0 rings (SSSR count). The predicted octanol–water partition coefficient (Wildman–Crippen LogP) is 1.47. The molecule has 3 N–H and O–H groups in total. The number of nitrogens with two attached hydrogens (primary N) is 1. The Kier molecular flexibility index (Phi) is 6.90. The minimum absolute atomic E-state index is 0.0672. The summed E-state index contributed by atoms with van der Waals surface area (Å²) < 4.78 is 0. The van der Waals surface area contributed by atoms with Crippen molar-refractivity contribution in [1.82, 2.24) is 0 Å². The van der Waals surface area contributed by atoms with Crippen LogP contribution in [0.15, 0.2) is 0 Å². The Bertz CT molecular complexity index is 109. The molecular formula is C9H21NOS. The van der Waals surface area contributed by atoms with Crippen LogP contribution < -0.4 is 5.73 Å². The average molecular weight is 191 g/mol. The molecular weight excluding hydrogens is 170 g/mol. The van der Waals surface area contributed by atoms with Gasteiger partial charge in [-0.15, -0.1) is 0 Å². The van der Waals surface area contributed by atoms with Crippen molar-refractivity contribution in [1.29, 1.82) is 0 Å². The second kappa shape index (κ2) is 6.75. The predicted molar refractivity (Wildman–Crippen MR) is 56.4 cm³/mol. The molecule has 0 radical (unpaired) electrons. The van der Waals surface area contributed by atoms with E-state index in [0.717, 1.165) is 17.9 Å². The number of thioether (sulfide) groups is 1. The van der Waals surface area contributed by atoms with E-state index in [1.54, 1.807) is 0 Å². The van der Waals surface area contributed by atoms with Gasteiger partial charge in [0.15, 0.2) is 0 Å². The van der Waals surface area contributed by atoms with Crippen molar-refractivity contribution in [3.05, 3.63) is 0 Å². The van der Waals surface area contributed by atoms with Gasteiger partial charge in [0.1, 0.15) is 0 Å². The lowest BCUT2D eigenvalue weighted by molar-refractivity contribution is 0.122. The van der Waals surface area contributed by atoms with Crippen molar-refractivity contribution in [2.24, 2.45) is 11.7 Å². The van der Waals surface area contributed by atoms with Gasteiger partial charge in [-0.3, -0.25) is 0 Å². The van der Waals surface area contributed by atoms with Crippen LogP contribution in [0.3, 0.4) is 0 Å². The van der Waals surface area contributed by atoms with Crippen molar-refractivity contribution >= 4 is 11.8 Å². The largest absolute Gasteiger partial charge is 0.391 e. The highest BCUT2D eigenvalue weighted by Gasteiger charge is 2.17. The van der Waals surface area contributed by atoms with Crippen LogP contribution in [0.25, 0.3) is 0 Å². The molecule has 0 aromatic carbocycles. The molecule has 0 heterocycles. The third kappa shape index (κ3) is 5.01. The molecule has 0 saturated heterocycles. The van der Waals surface area contributed by atoms with Crippen LogP contribution in [0.1, 0.15) is 27.2 Å². The van der Waals surface area contributed by atoms with E-state index in [9.17, 15) is 5.11 Å². The maximum atomic E-state index is 9.58. The quantitative estimate of drug-likeness (QED) is 0.625. The number of aliphatic hydroxyl groups is 1. The van der Waals surface area contributed by atoms with E-state index in [-0.39, 0.29) is 12.1 Å². The zero-order valence-corrected chi connectivity index (χ0v) is 9.10. The van der Waals surface area contributed by atoms with Gasteiger partial charge in [-0.1, -0.05) is 20.8 Å². The Morgan fingerprint density at radius 3 is 2.42 bits per heavy atom. The summed E-state index contributed by atoms with van der Waals surface area (Å²) in [6.07, 6.45) is 0.488. The lowest BCUT2D eigenvalue weighted by atomic mass is 9.98. The number of aliphatic hydroxyl groups excluding tert-OH is 1. The van der Waals surface area contributed by atoms with E-state index in [2.05, 4.69) is 6.92 Å². The van der Waals surface area contributed by atoms with E-state index in [1.165, 1.54) is 0 Å². The van der Waals surface area contributed by atoms with Crippen molar-refractivity contribution < 1.29 is 5.11 Å². The SMILES string of the molecule is CCSCCC(O)C(N)C(C)C. The van der Waals surface area contributed by atoms with Gasteiger partial charge in [-0.05, 0) is 23.8 Å². The van der Waals surface area contributed by atoms with Gasteiger partial charge in [-0.2, -0.15) is 11.8 Å². The number of hydrogen-bond acceptors (Lipinski definition) is 3. The Balaban J connectivity index is 3.49. The molecule has 0 aliphatic carbocycles. The minimum Gasteiger partial charge on any atom is -0.391 e. The fourth-order valence-electron chi connectivity index (χ4n) is 0.985. The lowest BCUT2D eigenvalue weighted by Crippen LogP contribution is -2.39. The molecule has 0 aliphatic rings. The zero-order valence-electron chi connectivity index (χ0n) is 8.29. The van der Waals surface area contributed by atoms with E-state index in [0.29, 0.717) is 5.92 Å². The molecule has 2 nitrogen and oxygen atoms in total. The van der Waals surface area contributed by atoms with Crippen LogP contribution in [-0.2, 0) is 0 Å². The molecule has 12 heavy (non-hydrogen) atoms. The molecule has 3 heteroatoms. The molecule has 74 valence electrons. The molecule has 2 unspecified atom stereocenters. The molecule has 0 aromatic rings. The van der Waals surface area contributed by atoms with Gasteiger partial charge in [0.25, 0.3) is 0 Å². The van der Waals surface area contributed by atoms with Gasteiger partial charge in [0, 0.05) is 6.04 Å². The van der Waals surface area contributed by atoms with E-state index < -0.39 is 0 Å². The number of rotatable bonds is 6. The summed E-state index contributed by atoms with van der Waals surface area (Å²) in [5.41, 5.74) is 5.78. The normalized spacial score (nSPS) is 16.5. The maximum Gasteiger partial charge on any atom is 0.0701 e. The minimum atomic E-state index is -0.330. The van der Waals surface area contributed by atoms with Crippen molar-refractivity contribution in [3.8, 4) is 0 Å². The monoisotopic (exact) mass is 191 g/mol. The molecule has 0 spiro atoms. The highest BCUT2D eigenvalue weighted by molar-refractivity contribution is 7.99. The number of hydrogen-bond donors (Lipinski definition) is 2. The highest BCUT2D eigenvalue weighted by atomic mass is 32.2. The van der Waals surface area contributed by atoms with E-state index in [4.69, 9.17) is 5.73 Å². The first-order valence-corrected chi connectivity index (χ1v) is 5.76. The Labute approximate surface area is 79.9 Å². The highest BCUT2D eigenvalue weighted by Crippen LogP contribution is 2.10. The van der Waals surface area contributed by atoms with Crippen LogP contribution in [0.5, 0.6) is 0 Å². The molecule has 0 amide bonds. The second-order valence-electron chi connectivity index (χ2n) is 3.37. The molecule has 0 aliphatic heterocycles. The fraction of sp³-hybridized carbons (Fsp3) is 1.00. The molecule has 2 atom stereocenters. The van der Waals surface area contributed by atoms with E-state index >= 15 is 0 Å². The zero-order chi connectivity index (χ0) is 9.56. The Morgan fingerprint density at radius 1 is 1.42 bits per heavy atom. The third-order valence-corrected chi connectivity index (χ3v) is 2.91. The van der Waals surface area contributed by atoms with Crippen LogP contribution in [0.2, 0.25) is 0 Å². The first-order chi connectivity index (χ1) is 5.59. The third-order valence-electron chi connectivity index (χ3n) is 1.98. The molecule has 0 aromatic heterocycles. The van der Waals surface area contributed by atoms with Crippen LogP contribution in [0, 0.1) is 5.92 Å². The first-order valence-electron chi connectivity index (χ1n) is 4.61. The van der Waals surface area contributed by atoms with Crippen LogP contribution in [0.4, 0.5) is 0 Å². The topological polar surface area (TPSA) is 46.2 Å². The second-order valence-corrected chi connectivity index (χ2v) is 4.77. The Hall–Kier alpha value is 0.270. The molecule has 0 bridgehead atoms. The average Bonchev–Trinajstić information content (AvgIpc) is 2.03. The smallest absolute Gasteiger partial charge is 0.0701 e. The van der Waals surface area contributed by atoms with Gasteiger partial charge >= 0.3 is 0 Å². The maximum absolute atomic E-state index is 9.58. The first kappa shape index (κ1) is 12.3. The van der Waals surface area contributed by atoms with Gasteiger partial charge < -0.3 is 10.8 Å². The summed E-state index contributed by atoms with van der Waals surface area (Å²) in [6.45, 7) is 6.21. The lowest BCUT2D eigenvalue weighted by Gasteiger charge is -2.21. The van der Waals surface area contributed by atoms with Crippen molar-refractivity contribution in [2.75, 3.05) is 11.5 Å². The van der Waals surface area contributed by atoms with Crippen LogP contribution >= 0.6 is 11.8 Å². The van der Waals surface area contributed by atoms with Gasteiger partial charge in [-0.25, -0.2) is 0 Å². The molecule has 0 fully saturated rings. The van der Waals surface area contributed by atoms with Gasteiger partial charge in [0.05, 0.1) is 6.10 Å². The summed E-state index contributed by atoms with van der Waals surface area (Å²) >= 11 is 1.85. The fourth-order valence-corrected chi connectivity index (χ4v) is 1.68. The van der Waals surface area contributed by atoms with Crippen molar-refractivity contribution in [2.45, 2.75) is 39.3 Å². The standard InChI is InChI=1S/C9H21NOS/c1-4-12-6-5-8(11)9(10)7(2)3/h7-9,11H,4-6,10H2,1-3H3. The Morgan fingerprint density at radius 2 is 2.00 bits per heavy atom. The van der Waals surface area contributed by atoms with E-state index in [1.807, 2.05) is 25.6 Å².